The quantitative estimate of drug-likeness (QED) is 0.0280. The number of benzene rings is 3. The average molecular weight is 1680 g/mol. The van der Waals surface area contributed by atoms with E-state index in [1.807, 2.05) is 36.4 Å². The van der Waals surface area contributed by atoms with E-state index in [4.69, 9.17) is 26.3 Å². The van der Waals surface area contributed by atoms with Crippen molar-refractivity contribution in [3.63, 3.8) is 0 Å². The van der Waals surface area contributed by atoms with Crippen LogP contribution in [0, 0.1) is 46.9 Å². The lowest BCUT2D eigenvalue weighted by Crippen LogP contribution is -2.32. The number of hydrogen-bond acceptors (Lipinski definition) is 14. The first kappa shape index (κ1) is 82.9. The van der Waals surface area contributed by atoms with Gasteiger partial charge in [0.2, 0.25) is 0 Å². The average Bonchev–Trinajstić information content (AvgIpc) is 1.52. The van der Waals surface area contributed by atoms with Gasteiger partial charge in [-0.25, -0.2) is 17.6 Å². The lowest BCUT2D eigenvalue weighted by molar-refractivity contribution is 0.264. The van der Waals surface area contributed by atoms with Gasteiger partial charge >= 0.3 is 0 Å². The summed E-state index contributed by atoms with van der Waals surface area (Å²) in [6.07, 6.45) is 33.8. The van der Waals surface area contributed by atoms with Gasteiger partial charge in [0.25, 0.3) is 0 Å². The highest BCUT2D eigenvalue weighted by Gasteiger charge is 2.52. The van der Waals surface area contributed by atoms with Crippen LogP contribution < -0.4 is 0 Å². The van der Waals surface area contributed by atoms with Gasteiger partial charge in [0, 0.05) is 59.6 Å². The standard InChI is InChI=1S/C96H110F4N4O2S8/c1-11-21-27-29-35-61-37-43-73(107-61)75-45-47-77(109-75)83-87(99)85(97)81(89-91(83)103-113-101-89)71-41-39-69(105-71)79-51-67-93(111-79)63-49-66-64(50-65(63)95(67,53-57(17-7)31-23-13-3)54-58(18-8)32-24-14-4)94-68(96(66,55-59(19-9)33-25-15-5)56-60(20-10)34-26-16-6)52-80(112-94)70-40-42-72(106-70)82-86(98)88(100)84(92-90(82)102-114-104-92)78-48-46-76(110-78)74-44-38-62(108-74)36-30-28-22-12-2/h37-52,57-60H,11-36,53-56H2,1-10H3. The minimum absolute atomic E-state index is 0.00599. The summed E-state index contributed by atoms with van der Waals surface area (Å²) in [7, 11) is 0. The maximum atomic E-state index is 17.5. The van der Waals surface area contributed by atoms with Crippen LogP contribution >= 0.6 is 91.5 Å². The third-order valence-electron chi connectivity index (χ3n) is 25.3. The normalized spacial score (nSPS) is 16.3. The second kappa shape index (κ2) is 37.0. The van der Waals surface area contributed by atoms with E-state index >= 15 is 17.6 Å². The molecule has 10 aromatic heterocycles. The number of unbranched alkanes of at least 4 members (excludes halogenated alkanes) is 10. The number of furan rings is 2. The second-order valence-electron chi connectivity index (χ2n) is 32.8. The molecule has 4 unspecified atom stereocenters. The van der Waals surface area contributed by atoms with Crippen LogP contribution in [-0.4, -0.2) is 17.5 Å². The Balaban J connectivity index is 0.850. The van der Waals surface area contributed by atoms with Gasteiger partial charge in [-0.3, -0.25) is 0 Å². The molecule has 0 N–H and O–H groups in total. The summed E-state index contributed by atoms with van der Waals surface area (Å²) in [6.45, 7) is 23.3. The molecule has 13 aromatic rings. The first-order valence-electron chi connectivity index (χ1n) is 43.0. The van der Waals surface area contributed by atoms with E-state index in [1.54, 1.807) is 57.5 Å². The Morgan fingerprint density at radius 3 is 0.974 bits per heavy atom. The molecule has 10 heterocycles. The molecule has 18 heteroatoms. The van der Waals surface area contributed by atoms with Crippen LogP contribution in [0.1, 0.15) is 281 Å². The molecule has 0 spiro atoms. The number of fused-ring (bicyclic) bond motifs is 8. The minimum Gasteiger partial charge on any atom is -0.455 e. The van der Waals surface area contributed by atoms with Gasteiger partial charge in [-0.15, -0.1) is 68.0 Å². The molecule has 0 radical (unpaired) electrons. The van der Waals surface area contributed by atoms with Gasteiger partial charge in [0.1, 0.15) is 45.1 Å². The lowest BCUT2D eigenvalue weighted by atomic mass is 9.63. The Bertz CT molecular complexity index is 5060. The highest BCUT2D eigenvalue weighted by molar-refractivity contribution is 7.24. The Morgan fingerprint density at radius 1 is 0.307 bits per heavy atom. The van der Waals surface area contributed by atoms with Gasteiger partial charge in [-0.2, -0.15) is 17.5 Å². The van der Waals surface area contributed by atoms with Crippen molar-refractivity contribution in [2.75, 3.05) is 0 Å². The molecule has 2 aliphatic carbocycles. The van der Waals surface area contributed by atoms with Gasteiger partial charge in [-0.1, -0.05) is 210 Å². The minimum atomic E-state index is -0.988. The van der Waals surface area contributed by atoms with Crippen LogP contribution in [0.2, 0.25) is 0 Å². The molecule has 602 valence electrons. The predicted molar refractivity (Wildman–Crippen MR) is 483 cm³/mol. The zero-order chi connectivity index (χ0) is 79.4. The molecular formula is C96H110F4N4O2S8. The number of halogens is 4. The van der Waals surface area contributed by atoms with Crippen LogP contribution in [0.5, 0.6) is 0 Å². The number of thiophene rings is 6. The topological polar surface area (TPSA) is 77.8 Å². The summed E-state index contributed by atoms with van der Waals surface area (Å²) in [5.41, 5.74) is 9.01. The molecular weight excluding hydrogens is 1570 g/mol. The van der Waals surface area contributed by atoms with Crippen molar-refractivity contribution < 1.29 is 26.4 Å². The highest BCUT2D eigenvalue weighted by Crippen LogP contribution is 2.67. The van der Waals surface area contributed by atoms with E-state index in [0.717, 1.165) is 207 Å². The van der Waals surface area contributed by atoms with E-state index in [2.05, 4.69) is 118 Å². The van der Waals surface area contributed by atoms with E-state index in [-0.39, 0.29) is 44.6 Å². The van der Waals surface area contributed by atoms with Crippen molar-refractivity contribution in [2.45, 2.75) is 273 Å². The van der Waals surface area contributed by atoms with Crippen molar-refractivity contribution >= 4 is 114 Å². The molecule has 2 aliphatic rings. The van der Waals surface area contributed by atoms with Crippen molar-refractivity contribution in [1.82, 2.24) is 17.5 Å². The SMILES string of the molecule is CCCCCCc1ccc(-c2ccc(-c3c(F)c(F)c(-c4ccc(-c5cc6c(s5)-c5cc7c(cc5C6(CC(CC)CCCC)CC(CC)CCCC)-c5sc(-c6ccc(-c8c(F)c(F)c(-c9ccc(-c%10ccc(CCCCCC)s%10)s9)c9nsnc89)o6)cc5C7(CC(CC)CCCC)CC(CC)CCCC)o4)c4nsnc34)s2)s1. The van der Waals surface area contributed by atoms with Crippen LogP contribution in [0.4, 0.5) is 17.6 Å². The van der Waals surface area contributed by atoms with Crippen LogP contribution in [0.25, 0.3) is 127 Å². The predicted octanol–water partition coefficient (Wildman–Crippen LogP) is 34.3. The number of rotatable bonds is 42. The number of nitrogens with zero attached hydrogens (tertiary/aromatic N) is 4. The summed E-state index contributed by atoms with van der Waals surface area (Å²) < 4.78 is 102. The lowest BCUT2D eigenvalue weighted by Gasteiger charge is -2.40. The third-order valence-corrected chi connectivity index (χ3v) is 33.7. The Morgan fingerprint density at radius 2 is 0.623 bits per heavy atom. The fourth-order valence-corrected chi connectivity index (χ4v) is 26.9. The maximum Gasteiger partial charge on any atom is 0.172 e. The molecule has 3 aromatic carbocycles. The van der Waals surface area contributed by atoms with Crippen LogP contribution in [-0.2, 0) is 23.7 Å². The van der Waals surface area contributed by atoms with Crippen molar-refractivity contribution in [3.8, 4) is 105 Å². The van der Waals surface area contributed by atoms with Gasteiger partial charge in [0.05, 0.1) is 55.5 Å². The van der Waals surface area contributed by atoms with E-state index in [1.165, 1.54) is 114 Å². The second-order valence-corrected chi connectivity index (χ2v) is 40.5. The molecule has 0 saturated carbocycles. The molecule has 0 fully saturated rings. The Labute approximate surface area is 705 Å². The van der Waals surface area contributed by atoms with Crippen LogP contribution in [0.3, 0.4) is 0 Å². The number of aromatic nitrogens is 4. The number of aryl methyl sites for hydroxylation is 2. The largest absolute Gasteiger partial charge is 0.455 e. The molecule has 6 nitrogen and oxygen atoms in total. The van der Waals surface area contributed by atoms with Crippen molar-refractivity contribution in [3.05, 3.63) is 152 Å². The van der Waals surface area contributed by atoms with Crippen molar-refractivity contribution in [2.24, 2.45) is 23.7 Å². The Kier molecular flexibility index (Phi) is 26.9. The Hall–Kier alpha value is -6.22. The highest BCUT2D eigenvalue weighted by atomic mass is 32.1. The molecule has 0 aliphatic heterocycles. The summed E-state index contributed by atoms with van der Waals surface area (Å²) in [5.74, 6) is -0.340. The van der Waals surface area contributed by atoms with Gasteiger partial charge in [0.15, 0.2) is 23.3 Å². The van der Waals surface area contributed by atoms with E-state index < -0.39 is 23.3 Å². The third kappa shape index (κ3) is 16.2. The summed E-state index contributed by atoms with van der Waals surface area (Å²) in [5, 5.41) is 0. The van der Waals surface area contributed by atoms with Gasteiger partial charge in [-0.05, 0) is 205 Å². The summed E-state index contributed by atoms with van der Waals surface area (Å²) in [6, 6.07) is 34.4. The van der Waals surface area contributed by atoms with Crippen LogP contribution in [0.15, 0.2) is 106 Å². The zero-order valence-electron chi connectivity index (χ0n) is 68.1. The molecule has 4 atom stereocenters. The molecule has 15 rings (SSSR count). The van der Waals surface area contributed by atoms with E-state index in [9.17, 15) is 0 Å². The summed E-state index contributed by atoms with van der Waals surface area (Å²) >= 11 is 12.0. The zero-order valence-corrected chi connectivity index (χ0v) is 74.7. The first-order valence-corrected chi connectivity index (χ1v) is 49.4. The molecule has 0 saturated heterocycles. The fraction of sp³-hybridized carbons (Fsp3) is 0.479. The molecule has 0 amide bonds. The van der Waals surface area contributed by atoms with Gasteiger partial charge < -0.3 is 8.83 Å². The summed E-state index contributed by atoms with van der Waals surface area (Å²) in [4.78, 5) is 12.7. The fourth-order valence-electron chi connectivity index (χ4n) is 18.9. The maximum absolute atomic E-state index is 17.5. The first-order chi connectivity index (χ1) is 55.7. The number of hydrogen-bond donors (Lipinski definition) is 0. The van der Waals surface area contributed by atoms with Crippen molar-refractivity contribution in [1.29, 1.82) is 0 Å². The smallest absolute Gasteiger partial charge is 0.172 e. The molecule has 114 heavy (non-hydrogen) atoms. The monoisotopic (exact) mass is 1680 g/mol. The van der Waals surface area contributed by atoms with E-state index in [0.29, 0.717) is 67.0 Å². The molecule has 0 bridgehead atoms.